The van der Waals surface area contributed by atoms with Gasteiger partial charge in [0.05, 0.1) is 15.9 Å². The van der Waals surface area contributed by atoms with Crippen LogP contribution in [0.4, 0.5) is 5.95 Å². The third-order valence-electron chi connectivity index (χ3n) is 6.38. The zero-order valence-electron chi connectivity index (χ0n) is 19.5. The van der Waals surface area contributed by atoms with Crippen LogP contribution in [0.2, 0.25) is 0 Å². The van der Waals surface area contributed by atoms with Gasteiger partial charge in [-0.25, -0.2) is 15.0 Å². The second-order valence-electron chi connectivity index (χ2n) is 8.55. The van der Waals surface area contributed by atoms with Crippen LogP contribution in [0.15, 0.2) is 61.6 Å². The van der Waals surface area contributed by atoms with Crippen molar-refractivity contribution in [2.45, 2.75) is 32.2 Å². The van der Waals surface area contributed by atoms with E-state index in [2.05, 4.69) is 26.4 Å². The molecule has 1 saturated heterocycles. The van der Waals surface area contributed by atoms with E-state index in [1.54, 1.807) is 6.20 Å². The molecule has 3 aromatic heterocycles. The van der Waals surface area contributed by atoms with Crippen molar-refractivity contribution >= 4 is 40.1 Å². The van der Waals surface area contributed by atoms with Gasteiger partial charge in [0.15, 0.2) is 0 Å². The predicted octanol–water partition coefficient (Wildman–Crippen LogP) is 4.86. The molecule has 1 fully saturated rings. The Morgan fingerprint density at radius 2 is 2.03 bits per heavy atom. The highest BCUT2D eigenvalue weighted by atomic mass is 32.1. The number of carbonyl (C=O) groups is 2. The van der Waals surface area contributed by atoms with Gasteiger partial charge in [-0.3, -0.25) is 14.9 Å². The quantitative estimate of drug-likeness (QED) is 0.407. The Hall–Kier alpha value is -3.85. The Labute approximate surface area is 207 Å². The Morgan fingerprint density at radius 3 is 2.86 bits per heavy atom. The summed E-state index contributed by atoms with van der Waals surface area (Å²) < 4.78 is 2.12. The molecule has 1 aromatic carbocycles. The van der Waals surface area contributed by atoms with Gasteiger partial charge in [-0.15, -0.1) is 11.3 Å². The molecule has 8 nitrogen and oxygen atoms in total. The van der Waals surface area contributed by atoms with Crippen LogP contribution in [0.3, 0.4) is 0 Å². The van der Waals surface area contributed by atoms with Crippen LogP contribution in [0.5, 0.6) is 0 Å². The van der Waals surface area contributed by atoms with Gasteiger partial charge < -0.3 is 9.47 Å². The number of para-hydroxylation sites is 2. The van der Waals surface area contributed by atoms with Crippen LogP contribution >= 0.6 is 11.3 Å². The largest absolute Gasteiger partial charge is 0.339 e. The minimum atomic E-state index is -0.204. The van der Waals surface area contributed by atoms with Gasteiger partial charge in [0.25, 0.3) is 5.91 Å². The Morgan fingerprint density at radius 1 is 1.17 bits per heavy atom. The molecule has 2 amide bonds. The summed E-state index contributed by atoms with van der Waals surface area (Å²) in [6.45, 7) is 6.89. The molecule has 35 heavy (non-hydrogen) atoms. The molecule has 0 unspecified atom stereocenters. The first-order valence-electron chi connectivity index (χ1n) is 11.6. The lowest BCUT2D eigenvalue weighted by atomic mass is 10.1. The van der Waals surface area contributed by atoms with Crippen LogP contribution < -0.4 is 5.32 Å². The summed E-state index contributed by atoms with van der Waals surface area (Å²) in [4.78, 5) is 41.9. The van der Waals surface area contributed by atoms with E-state index in [4.69, 9.17) is 4.98 Å². The lowest BCUT2D eigenvalue weighted by Gasteiger charge is -2.21. The van der Waals surface area contributed by atoms with Crippen molar-refractivity contribution in [3.63, 3.8) is 0 Å². The molecular formula is C26H26N6O2S. The third kappa shape index (κ3) is 4.59. The highest BCUT2D eigenvalue weighted by Gasteiger charge is 2.25. The average Bonchev–Trinajstić information content (AvgIpc) is 3.42. The molecule has 1 aliphatic rings. The molecule has 0 bridgehead atoms. The van der Waals surface area contributed by atoms with Gasteiger partial charge in [-0.05, 0) is 56.5 Å². The first-order chi connectivity index (χ1) is 17.0. The predicted molar refractivity (Wildman–Crippen MR) is 137 cm³/mol. The highest BCUT2D eigenvalue weighted by molar-refractivity contribution is 7.17. The summed E-state index contributed by atoms with van der Waals surface area (Å²) in [6, 6.07) is 11.8. The Kier molecular flexibility index (Phi) is 6.41. The van der Waals surface area contributed by atoms with E-state index in [9.17, 15) is 9.59 Å². The van der Waals surface area contributed by atoms with Crippen LogP contribution in [-0.4, -0.2) is 49.3 Å². The summed E-state index contributed by atoms with van der Waals surface area (Å²) in [6.07, 6.45) is 7.19. The fraction of sp³-hybridized carbons (Fsp3) is 0.269. The van der Waals surface area contributed by atoms with E-state index in [1.165, 1.54) is 23.7 Å². The number of fused-ring (bicyclic) bond motifs is 1. The number of amides is 2. The highest BCUT2D eigenvalue weighted by Crippen LogP contribution is 2.33. The Bertz CT molecular complexity index is 1410. The smallest absolute Gasteiger partial charge is 0.268 e. The standard InChI is InChI=1S/C26H26N6O2S/c1-3-24(33)31-13-6-7-18(12-14-31)32-21-9-5-4-8-20(21)29-26(32)30-25(34)23-11-10-22(35-23)19-15-27-16-28-17(19)2/h3-5,8-11,15-16,18H,1,6-7,12-14H2,2H3,(H,29,30,34)/t18-/m1/s1. The van der Waals surface area contributed by atoms with E-state index in [0.29, 0.717) is 23.9 Å². The summed E-state index contributed by atoms with van der Waals surface area (Å²) in [7, 11) is 0. The van der Waals surface area contributed by atoms with Gasteiger partial charge in [0.2, 0.25) is 11.9 Å². The number of rotatable bonds is 5. The monoisotopic (exact) mass is 486 g/mol. The van der Waals surface area contributed by atoms with Gasteiger partial charge in [-0.2, -0.15) is 0 Å². The maximum absolute atomic E-state index is 13.3. The first kappa shape index (κ1) is 22.9. The summed E-state index contributed by atoms with van der Waals surface area (Å²) in [5.74, 6) is 0.283. The topological polar surface area (TPSA) is 93.0 Å². The van der Waals surface area contributed by atoms with Crippen molar-refractivity contribution in [1.82, 2.24) is 24.4 Å². The third-order valence-corrected chi connectivity index (χ3v) is 7.49. The number of nitrogens with one attached hydrogen (secondary N) is 1. The second kappa shape index (κ2) is 9.79. The van der Waals surface area contributed by atoms with Gasteiger partial charge in [0.1, 0.15) is 6.33 Å². The normalized spacial score (nSPS) is 16.1. The number of nitrogens with zero attached hydrogens (tertiary/aromatic N) is 5. The Balaban J connectivity index is 1.43. The van der Waals surface area contributed by atoms with Crippen molar-refractivity contribution in [2.24, 2.45) is 0 Å². The molecule has 1 atom stereocenters. The van der Waals surface area contributed by atoms with Crippen LogP contribution in [0, 0.1) is 6.92 Å². The molecule has 0 aliphatic carbocycles. The van der Waals surface area contributed by atoms with Crippen molar-refractivity contribution in [2.75, 3.05) is 18.4 Å². The van der Waals surface area contributed by atoms with E-state index in [1.807, 2.05) is 48.2 Å². The number of carbonyl (C=O) groups excluding carboxylic acids is 2. The molecule has 4 heterocycles. The average molecular weight is 487 g/mol. The van der Waals surface area contributed by atoms with E-state index >= 15 is 0 Å². The van der Waals surface area contributed by atoms with E-state index in [-0.39, 0.29) is 17.9 Å². The van der Waals surface area contributed by atoms with Gasteiger partial charge in [0, 0.05) is 41.5 Å². The lowest BCUT2D eigenvalue weighted by Crippen LogP contribution is -2.30. The molecule has 0 saturated carbocycles. The summed E-state index contributed by atoms with van der Waals surface area (Å²) in [5.41, 5.74) is 3.59. The number of thiophene rings is 1. The van der Waals surface area contributed by atoms with Crippen molar-refractivity contribution in [3.05, 3.63) is 72.1 Å². The number of hydrogen-bond donors (Lipinski definition) is 1. The molecule has 1 aliphatic heterocycles. The maximum Gasteiger partial charge on any atom is 0.268 e. The number of imidazole rings is 1. The van der Waals surface area contributed by atoms with Crippen LogP contribution in [0.25, 0.3) is 21.5 Å². The zero-order valence-corrected chi connectivity index (χ0v) is 20.3. The fourth-order valence-electron chi connectivity index (χ4n) is 4.59. The lowest BCUT2D eigenvalue weighted by molar-refractivity contribution is -0.125. The minimum Gasteiger partial charge on any atom is -0.339 e. The maximum atomic E-state index is 13.3. The number of likely N-dealkylation sites (tertiary alicyclic amines) is 1. The second-order valence-corrected chi connectivity index (χ2v) is 9.63. The van der Waals surface area contributed by atoms with E-state index in [0.717, 1.165) is 46.4 Å². The molecule has 9 heteroatoms. The number of aromatic nitrogens is 4. The van der Waals surface area contributed by atoms with E-state index < -0.39 is 0 Å². The fourth-order valence-corrected chi connectivity index (χ4v) is 5.55. The number of hydrogen-bond acceptors (Lipinski definition) is 6. The van der Waals surface area contributed by atoms with Crippen molar-refractivity contribution in [3.8, 4) is 10.4 Å². The zero-order chi connectivity index (χ0) is 24.4. The number of benzene rings is 1. The summed E-state index contributed by atoms with van der Waals surface area (Å²) >= 11 is 1.40. The van der Waals surface area contributed by atoms with Crippen LogP contribution in [-0.2, 0) is 4.79 Å². The number of aryl methyl sites for hydroxylation is 1. The molecule has 1 N–H and O–H groups in total. The first-order valence-corrected chi connectivity index (χ1v) is 12.4. The van der Waals surface area contributed by atoms with Crippen molar-refractivity contribution < 1.29 is 9.59 Å². The summed E-state index contributed by atoms with van der Waals surface area (Å²) in [5, 5.41) is 3.05. The van der Waals surface area contributed by atoms with Crippen molar-refractivity contribution in [1.29, 1.82) is 0 Å². The molecule has 0 spiro atoms. The van der Waals surface area contributed by atoms with Gasteiger partial charge >= 0.3 is 0 Å². The number of anilines is 1. The SMILES string of the molecule is C=CC(=O)N1CCC[C@@H](n2c(NC(=O)c3ccc(-c4cncnc4C)s3)nc3ccccc32)CC1. The molecule has 4 aromatic rings. The molecule has 0 radical (unpaired) electrons. The minimum absolute atomic E-state index is 0.0396. The van der Waals surface area contributed by atoms with Gasteiger partial charge in [-0.1, -0.05) is 18.7 Å². The molecule has 178 valence electrons. The molecular weight excluding hydrogens is 460 g/mol. The van der Waals surface area contributed by atoms with Crippen LogP contribution in [0.1, 0.15) is 40.7 Å². The molecule has 5 rings (SSSR count).